The average Bonchev–Trinajstić information content (AvgIpc) is 1.99. The molecule has 84 valence electrons. The monoisotopic (exact) mass is 331 g/mol. The summed E-state index contributed by atoms with van der Waals surface area (Å²) in [6.45, 7) is 4.54. The molecule has 0 amide bonds. The van der Waals surface area contributed by atoms with Gasteiger partial charge in [0.1, 0.15) is 0 Å². The molecule has 0 spiro atoms. The fourth-order valence-corrected chi connectivity index (χ4v) is 5.47. The van der Waals surface area contributed by atoms with Gasteiger partial charge in [-0.1, -0.05) is 0 Å². The predicted octanol–water partition coefficient (Wildman–Crippen LogP) is 3.59. The van der Waals surface area contributed by atoms with Gasteiger partial charge in [-0.05, 0) is 0 Å². The minimum absolute atomic E-state index is 0.711. The zero-order chi connectivity index (χ0) is 11.6. The van der Waals surface area contributed by atoms with Crippen molar-refractivity contribution in [2.75, 3.05) is 0 Å². The maximum atomic E-state index is 4.38. The van der Waals surface area contributed by atoms with E-state index in [4.69, 9.17) is 0 Å². The van der Waals surface area contributed by atoms with Crippen LogP contribution in [0.3, 0.4) is 0 Å². The van der Waals surface area contributed by atoms with Gasteiger partial charge in [0.15, 0.2) is 0 Å². The summed E-state index contributed by atoms with van der Waals surface area (Å²) in [4.78, 5) is 4.38. The summed E-state index contributed by atoms with van der Waals surface area (Å²) in [7, 11) is 0. The molecule has 15 heavy (non-hydrogen) atoms. The first-order chi connectivity index (χ1) is 6.80. The van der Waals surface area contributed by atoms with Gasteiger partial charge in [0.25, 0.3) is 0 Å². The Morgan fingerprint density at radius 1 is 1.33 bits per heavy atom. The van der Waals surface area contributed by atoms with Crippen LogP contribution in [0, 0.1) is 5.92 Å². The molecule has 0 N–H and O–H groups in total. The van der Waals surface area contributed by atoms with Gasteiger partial charge in [-0.2, -0.15) is 0 Å². The Morgan fingerprint density at radius 2 is 1.93 bits per heavy atom. The zero-order valence-corrected chi connectivity index (χ0v) is 13.9. The molecule has 0 aliphatic rings. The topological polar surface area (TPSA) is 12.9 Å². The third-order valence-electron chi connectivity index (χ3n) is 2.39. The summed E-state index contributed by atoms with van der Waals surface area (Å²) in [6.07, 6.45) is 3.25. The number of hydrogen-bond donors (Lipinski definition) is 0. The molecule has 0 atom stereocenters. The summed E-state index contributed by atoms with van der Waals surface area (Å²) in [5.41, 5.74) is 1.50. The van der Waals surface area contributed by atoms with Gasteiger partial charge < -0.3 is 0 Å². The van der Waals surface area contributed by atoms with Crippen LogP contribution in [0.25, 0.3) is 0 Å². The number of nitrogens with zero attached hydrogens (tertiary/aromatic N) is 1. The Kier molecular flexibility index (Phi) is 4.41. The van der Waals surface area contributed by atoms with Crippen molar-refractivity contribution >= 4 is 33.6 Å². The van der Waals surface area contributed by atoms with Gasteiger partial charge in [-0.15, -0.1) is 0 Å². The SMILES string of the molecule is CC(C)Cc1cc(Br)nc[c]1[Ge]([CH3])([CH3])[CH3]. The molecule has 1 rings (SSSR count). The van der Waals surface area contributed by atoms with Gasteiger partial charge in [0.2, 0.25) is 0 Å². The van der Waals surface area contributed by atoms with Crippen LogP contribution in [-0.4, -0.2) is 18.3 Å². The molecule has 0 aliphatic carbocycles. The molecule has 1 heterocycles. The molecule has 1 aromatic heterocycles. The van der Waals surface area contributed by atoms with Crippen LogP contribution in [0.2, 0.25) is 17.3 Å². The van der Waals surface area contributed by atoms with Crippen LogP contribution < -0.4 is 4.40 Å². The quantitative estimate of drug-likeness (QED) is 0.609. The van der Waals surface area contributed by atoms with E-state index >= 15 is 0 Å². The van der Waals surface area contributed by atoms with Crippen LogP contribution in [-0.2, 0) is 6.42 Å². The van der Waals surface area contributed by atoms with Crippen molar-refractivity contribution in [1.29, 1.82) is 0 Å². The Bertz CT molecular complexity index is 342. The normalized spacial score (nSPS) is 12.2. The molecule has 0 unspecified atom stereocenters. The second kappa shape index (κ2) is 5.00. The summed E-state index contributed by atoms with van der Waals surface area (Å²) in [5, 5.41) is 0. The third-order valence-corrected chi connectivity index (χ3v) is 7.16. The van der Waals surface area contributed by atoms with Gasteiger partial charge in [-0.3, -0.25) is 0 Å². The average molecular weight is 331 g/mol. The molecule has 0 aromatic carbocycles. The van der Waals surface area contributed by atoms with Crippen molar-refractivity contribution < 1.29 is 0 Å². The van der Waals surface area contributed by atoms with Crippen LogP contribution in [0.4, 0.5) is 0 Å². The number of halogens is 1. The van der Waals surface area contributed by atoms with Crippen molar-refractivity contribution in [3.8, 4) is 0 Å². The van der Waals surface area contributed by atoms with Crippen molar-refractivity contribution in [1.82, 2.24) is 4.98 Å². The fourth-order valence-electron chi connectivity index (χ4n) is 1.75. The van der Waals surface area contributed by atoms with Crippen LogP contribution in [0.5, 0.6) is 0 Å². The molecule has 0 fully saturated rings. The molecule has 3 heteroatoms. The first-order valence-electron chi connectivity index (χ1n) is 5.45. The Hall–Kier alpha value is 0.173. The standard InChI is InChI=1S/C12H20BrGeN/c1-9(2)6-10-7-12(13)15-8-11(10)14(3,4)5/h7-9H,6H2,1-5H3. The molecule has 0 saturated heterocycles. The molecule has 1 nitrogen and oxygen atoms in total. The van der Waals surface area contributed by atoms with E-state index < -0.39 is 13.3 Å². The van der Waals surface area contributed by atoms with Crippen LogP contribution in [0.15, 0.2) is 16.9 Å². The van der Waals surface area contributed by atoms with Gasteiger partial charge in [0.05, 0.1) is 0 Å². The van der Waals surface area contributed by atoms with Gasteiger partial charge >= 0.3 is 104 Å². The van der Waals surface area contributed by atoms with Crippen molar-refractivity contribution in [2.45, 2.75) is 37.5 Å². The maximum absolute atomic E-state index is 4.38. The Morgan fingerprint density at radius 3 is 2.40 bits per heavy atom. The summed E-state index contributed by atoms with van der Waals surface area (Å²) in [5.74, 6) is 7.99. The van der Waals surface area contributed by atoms with E-state index in [1.54, 1.807) is 4.40 Å². The van der Waals surface area contributed by atoms with Gasteiger partial charge in [0, 0.05) is 0 Å². The van der Waals surface area contributed by atoms with Crippen LogP contribution >= 0.6 is 15.9 Å². The second-order valence-electron chi connectivity index (χ2n) is 5.51. The first kappa shape index (κ1) is 13.2. The molecule has 0 bridgehead atoms. The summed E-state index contributed by atoms with van der Waals surface area (Å²) in [6, 6.07) is 2.20. The van der Waals surface area contributed by atoms with E-state index in [1.807, 2.05) is 0 Å². The molecule has 0 radical (unpaired) electrons. The van der Waals surface area contributed by atoms with E-state index in [0.717, 1.165) is 4.60 Å². The number of hydrogen-bond acceptors (Lipinski definition) is 1. The van der Waals surface area contributed by atoms with E-state index in [0.29, 0.717) is 5.92 Å². The van der Waals surface area contributed by atoms with Crippen LogP contribution in [0.1, 0.15) is 19.4 Å². The van der Waals surface area contributed by atoms with E-state index in [2.05, 4.69) is 64.3 Å². The van der Waals surface area contributed by atoms with E-state index in [9.17, 15) is 0 Å². The number of rotatable bonds is 3. The molecular weight excluding hydrogens is 311 g/mol. The minimum atomic E-state index is -1.75. The zero-order valence-electron chi connectivity index (χ0n) is 10.3. The summed E-state index contributed by atoms with van der Waals surface area (Å²) >= 11 is 1.71. The Balaban J connectivity index is 3.15. The molecule has 0 saturated carbocycles. The van der Waals surface area contributed by atoms with Gasteiger partial charge in [-0.25, -0.2) is 0 Å². The second-order valence-corrected chi connectivity index (χ2v) is 16.9. The summed E-state index contributed by atoms with van der Waals surface area (Å²) < 4.78 is 2.51. The molecule has 1 aromatic rings. The fraction of sp³-hybridized carbons (Fsp3) is 0.583. The first-order valence-corrected chi connectivity index (χ1v) is 13.6. The number of aromatic nitrogens is 1. The Labute approximate surface area is 104 Å². The predicted molar refractivity (Wildman–Crippen MR) is 73.5 cm³/mol. The van der Waals surface area contributed by atoms with Crippen molar-refractivity contribution in [2.24, 2.45) is 5.92 Å². The van der Waals surface area contributed by atoms with Crippen molar-refractivity contribution in [3.63, 3.8) is 0 Å². The third kappa shape index (κ3) is 3.91. The molecular formula is C12H20BrGeN. The van der Waals surface area contributed by atoms with E-state index in [-0.39, 0.29) is 0 Å². The van der Waals surface area contributed by atoms with E-state index in [1.165, 1.54) is 12.0 Å². The molecule has 0 aliphatic heterocycles. The van der Waals surface area contributed by atoms with Crippen molar-refractivity contribution in [3.05, 3.63) is 22.4 Å². The number of pyridine rings is 1.